The third-order valence-corrected chi connectivity index (χ3v) is 3.91. The summed E-state index contributed by atoms with van der Waals surface area (Å²) in [5, 5.41) is 3.50. The first-order valence-corrected chi connectivity index (χ1v) is 5.88. The third-order valence-electron chi connectivity index (χ3n) is 3.91. The average molecular weight is 219 g/mol. The molecule has 0 bridgehead atoms. The molecule has 1 aliphatic heterocycles. The van der Waals surface area contributed by atoms with Crippen molar-refractivity contribution >= 4 is 5.69 Å². The minimum Gasteiger partial charge on any atom is -0.491 e. The van der Waals surface area contributed by atoms with Crippen molar-refractivity contribution in [2.24, 2.45) is 10.8 Å². The minimum absolute atomic E-state index is 0.145. The van der Waals surface area contributed by atoms with Crippen molar-refractivity contribution in [2.75, 3.05) is 18.5 Å². The Bertz CT molecular complexity index is 352. The third kappa shape index (κ3) is 1.89. The molecule has 0 amide bonds. The molecule has 1 atom stereocenters. The van der Waals surface area contributed by atoms with Crippen molar-refractivity contribution in [3.63, 3.8) is 0 Å². The van der Waals surface area contributed by atoms with Crippen molar-refractivity contribution in [2.45, 2.75) is 27.7 Å². The monoisotopic (exact) mass is 219 g/mol. The molecule has 16 heavy (non-hydrogen) atoms. The van der Waals surface area contributed by atoms with Gasteiger partial charge in [-0.05, 0) is 17.5 Å². The number of para-hydroxylation sites is 2. The van der Waals surface area contributed by atoms with Gasteiger partial charge in [0.1, 0.15) is 5.75 Å². The van der Waals surface area contributed by atoms with Crippen molar-refractivity contribution in [3.8, 4) is 5.75 Å². The highest BCUT2D eigenvalue weighted by Gasteiger charge is 2.39. The lowest BCUT2D eigenvalue weighted by Crippen LogP contribution is -2.42. The number of nitrogens with one attached hydrogen (secondary N) is 1. The maximum atomic E-state index is 5.93. The van der Waals surface area contributed by atoms with Crippen LogP contribution in [0.5, 0.6) is 5.75 Å². The van der Waals surface area contributed by atoms with Crippen LogP contribution in [0.15, 0.2) is 24.3 Å². The maximum absolute atomic E-state index is 5.93. The van der Waals surface area contributed by atoms with Crippen LogP contribution in [0.4, 0.5) is 5.69 Å². The first kappa shape index (κ1) is 11.3. The Morgan fingerprint density at radius 1 is 1.25 bits per heavy atom. The Labute approximate surface area is 98.0 Å². The molecule has 1 unspecified atom stereocenters. The summed E-state index contributed by atoms with van der Waals surface area (Å²) in [6.45, 7) is 10.8. The lowest BCUT2D eigenvalue weighted by molar-refractivity contribution is 0.0615. The lowest BCUT2D eigenvalue weighted by atomic mass is 9.68. The summed E-state index contributed by atoms with van der Waals surface area (Å²) >= 11 is 0. The zero-order valence-electron chi connectivity index (χ0n) is 10.6. The van der Waals surface area contributed by atoms with Gasteiger partial charge < -0.3 is 10.1 Å². The molecule has 2 nitrogen and oxygen atoms in total. The Morgan fingerprint density at radius 3 is 2.62 bits per heavy atom. The SMILES string of the molecule is CC(C)(C)C1(C)CNc2ccccc2OC1. The largest absolute Gasteiger partial charge is 0.491 e. The summed E-state index contributed by atoms with van der Waals surface area (Å²) in [6.07, 6.45) is 0. The smallest absolute Gasteiger partial charge is 0.142 e. The summed E-state index contributed by atoms with van der Waals surface area (Å²) in [7, 11) is 0. The minimum atomic E-state index is 0.145. The van der Waals surface area contributed by atoms with Crippen LogP contribution in [-0.2, 0) is 0 Å². The molecular formula is C14H21NO. The summed E-state index contributed by atoms with van der Waals surface area (Å²) in [5.41, 5.74) is 1.48. The van der Waals surface area contributed by atoms with Gasteiger partial charge in [0.15, 0.2) is 0 Å². The Hall–Kier alpha value is -1.18. The van der Waals surface area contributed by atoms with E-state index in [0.717, 1.165) is 24.6 Å². The Balaban J connectivity index is 2.25. The van der Waals surface area contributed by atoms with Crippen LogP contribution < -0.4 is 10.1 Å². The molecule has 2 heteroatoms. The topological polar surface area (TPSA) is 21.3 Å². The second-order valence-corrected chi connectivity index (χ2v) is 5.95. The number of anilines is 1. The van der Waals surface area contributed by atoms with Crippen LogP contribution in [0.3, 0.4) is 0 Å². The van der Waals surface area contributed by atoms with E-state index in [1.54, 1.807) is 0 Å². The van der Waals surface area contributed by atoms with Crippen LogP contribution in [0.1, 0.15) is 27.7 Å². The van der Waals surface area contributed by atoms with E-state index in [4.69, 9.17) is 4.74 Å². The van der Waals surface area contributed by atoms with Gasteiger partial charge in [0.05, 0.1) is 12.3 Å². The summed E-state index contributed by atoms with van der Waals surface area (Å²) < 4.78 is 5.93. The number of ether oxygens (including phenoxy) is 1. The number of hydrogen-bond donors (Lipinski definition) is 1. The fourth-order valence-electron chi connectivity index (χ4n) is 1.80. The zero-order valence-corrected chi connectivity index (χ0v) is 10.6. The number of hydrogen-bond acceptors (Lipinski definition) is 2. The van der Waals surface area contributed by atoms with Gasteiger partial charge in [0, 0.05) is 12.0 Å². The van der Waals surface area contributed by atoms with Crippen LogP contribution >= 0.6 is 0 Å². The number of fused-ring (bicyclic) bond motifs is 1. The first-order valence-electron chi connectivity index (χ1n) is 5.88. The Morgan fingerprint density at radius 2 is 1.94 bits per heavy atom. The predicted molar refractivity (Wildman–Crippen MR) is 68.0 cm³/mol. The first-order chi connectivity index (χ1) is 7.42. The van der Waals surface area contributed by atoms with E-state index in [1.165, 1.54) is 0 Å². The molecule has 0 aromatic heterocycles. The van der Waals surface area contributed by atoms with E-state index in [1.807, 2.05) is 18.2 Å². The molecule has 0 saturated heterocycles. The second-order valence-electron chi connectivity index (χ2n) is 5.95. The van der Waals surface area contributed by atoms with E-state index in [-0.39, 0.29) is 10.8 Å². The summed E-state index contributed by atoms with van der Waals surface area (Å²) in [4.78, 5) is 0. The van der Waals surface area contributed by atoms with E-state index in [0.29, 0.717) is 0 Å². The maximum Gasteiger partial charge on any atom is 0.142 e. The van der Waals surface area contributed by atoms with E-state index in [9.17, 15) is 0 Å². The lowest BCUT2D eigenvalue weighted by Gasteiger charge is -2.40. The predicted octanol–water partition coefficient (Wildman–Crippen LogP) is 3.54. The van der Waals surface area contributed by atoms with Gasteiger partial charge in [0.25, 0.3) is 0 Å². The van der Waals surface area contributed by atoms with Gasteiger partial charge in [0.2, 0.25) is 0 Å². The number of benzene rings is 1. The van der Waals surface area contributed by atoms with E-state index < -0.39 is 0 Å². The summed E-state index contributed by atoms with van der Waals surface area (Å²) in [6, 6.07) is 8.15. The zero-order chi connectivity index (χ0) is 11.8. The molecule has 1 aromatic rings. The average Bonchev–Trinajstić information content (AvgIpc) is 2.39. The van der Waals surface area contributed by atoms with Crippen LogP contribution in [-0.4, -0.2) is 13.2 Å². The van der Waals surface area contributed by atoms with Crippen molar-refractivity contribution < 1.29 is 4.74 Å². The van der Waals surface area contributed by atoms with Gasteiger partial charge in [-0.2, -0.15) is 0 Å². The van der Waals surface area contributed by atoms with E-state index in [2.05, 4.69) is 39.1 Å². The fourth-order valence-corrected chi connectivity index (χ4v) is 1.80. The molecular weight excluding hydrogens is 198 g/mol. The molecule has 0 spiro atoms. The normalized spacial score (nSPS) is 25.0. The molecule has 0 aliphatic carbocycles. The highest BCUT2D eigenvalue weighted by atomic mass is 16.5. The molecule has 88 valence electrons. The highest BCUT2D eigenvalue weighted by molar-refractivity contribution is 5.57. The quantitative estimate of drug-likeness (QED) is 0.720. The molecule has 0 fully saturated rings. The van der Waals surface area contributed by atoms with Crippen LogP contribution in [0.2, 0.25) is 0 Å². The molecule has 0 radical (unpaired) electrons. The molecule has 2 rings (SSSR count). The molecule has 1 aromatic carbocycles. The van der Waals surface area contributed by atoms with Gasteiger partial charge in [-0.15, -0.1) is 0 Å². The molecule has 1 heterocycles. The molecule has 1 N–H and O–H groups in total. The number of rotatable bonds is 0. The van der Waals surface area contributed by atoms with Crippen molar-refractivity contribution in [1.82, 2.24) is 0 Å². The second kappa shape index (κ2) is 3.69. The summed E-state index contributed by atoms with van der Waals surface area (Å²) in [5.74, 6) is 0.968. The van der Waals surface area contributed by atoms with Crippen molar-refractivity contribution in [3.05, 3.63) is 24.3 Å². The van der Waals surface area contributed by atoms with Gasteiger partial charge in [-0.1, -0.05) is 39.8 Å². The molecule has 1 aliphatic rings. The van der Waals surface area contributed by atoms with Crippen LogP contribution in [0.25, 0.3) is 0 Å². The van der Waals surface area contributed by atoms with Gasteiger partial charge in [-0.3, -0.25) is 0 Å². The van der Waals surface area contributed by atoms with Gasteiger partial charge in [-0.25, -0.2) is 0 Å². The Kier molecular flexibility index (Phi) is 2.61. The van der Waals surface area contributed by atoms with E-state index >= 15 is 0 Å². The van der Waals surface area contributed by atoms with Crippen LogP contribution in [0, 0.1) is 10.8 Å². The highest BCUT2D eigenvalue weighted by Crippen LogP contribution is 2.42. The van der Waals surface area contributed by atoms with Gasteiger partial charge >= 0.3 is 0 Å². The van der Waals surface area contributed by atoms with Crippen molar-refractivity contribution in [1.29, 1.82) is 0 Å². The fraction of sp³-hybridized carbons (Fsp3) is 0.571. The standard InChI is InChI=1S/C14H21NO/c1-13(2,3)14(4)9-15-11-7-5-6-8-12(11)16-10-14/h5-8,15H,9-10H2,1-4H3. The molecule has 0 saturated carbocycles.